The van der Waals surface area contributed by atoms with E-state index in [1.165, 1.54) is 18.4 Å². The van der Waals surface area contributed by atoms with Crippen molar-refractivity contribution in [2.45, 2.75) is 31.6 Å². The minimum atomic E-state index is 0. The van der Waals surface area contributed by atoms with Gasteiger partial charge in [-0.3, -0.25) is 9.78 Å². The smallest absolute Gasteiger partial charge is 0.254 e. The summed E-state index contributed by atoms with van der Waals surface area (Å²) in [5.41, 5.74) is 11.3. The number of nitrogens with two attached hydrogens (primary N) is 1. The average molecular weight is 458 g/mol. The molecular formula is C25H29Cl2N3O. The van der Waals surface area contributed by atoms with Crippen molar-refractivity contribution in [3.63, 3.8) is 0 Å². The lowest BCUT2D eigenvalue weighted by Gasteiger charge is -2.19. The summed E-state index contributed by atoms with van der Waals surface area (Å²) in [5, 5.41) is 0.965. The summed E-state index contributed by atoms with van der Waals surface area (Å²) < 4.78 is 0. The van der Waals surface area contributed by atoms with Gasteiger partial charge < -0.3 is 10.6 Å². The van der Waals surface area contributed by atoms with E-state index >= 15 is 0 Å². The van der Waals surface area contributed by atoms with Gasteiger partial charge in [0.05, 0.1) is 11.1 Å². The second kappa shape index (κ2) is 9.56. The van der Waals surface area contributed by atoms with Crippen LogP contribution in [0.1, 0.15) is 51.9 Å². The summed E-state index contributed by atoms with van der Waals surface area (Å²) in [6.07, 6.45) is 2.35. The lowest BCUT2D eigenvalue weighted by Crippen LogP contribution is -2.30. The first kappa shape index (κ1) is 23.5. The predicted molar refractivity (Wildman–Crippen MR) is 131 cm³/mol. The van der Waals surface area contributed by atoms with Gasteiger partial charge in [-0.15, -0.1) is 24.8 Å². The third-order valence-corrected chi connectivity index (χ3v) is 6.47. The second-order valence-corrected chi connectivity index (χ2v) is 8.61. The second-order valence-electron chi connectivity index (χ2n) is 8.61. The molecule has 3 aromatic rings. The Hall–Kier alpha value is -2.14. The van der Waals surface area contributed by atoms with Crippen LogP contribution in [0.5, 0.6) is 0 Å². The van der Waals surface area contributed by atoms with Crippen LogP contribution in [0.15, 0.2) is 54.6 Å². The zero-order chi connectivity index (χ0) is 20.0. The molecule has 4 nitrogen and oxygen atoms in total. The van der Waals surface area contributed by atoms with E-state index in [-0.39, 0.29) is 30.7 Å². The van der Waals surface area contributed by atoms with Gasteiger partial charge in [0.1, 0.15) is 0 Å². The molecule has 0 bridgehead atoms. The van der Waals surface area contributed by atoms with Crippen LogP contribution >= 0.6 is 24.8 Å². The molecule has 6 heteroatoms. The third kappa shape index (κ3) is 4.57. The third-order valence-electron chi connectivity index (χ3n) is 6.47. The molecule has 2 N–H and O–H groups in total. The molecule has 2 aliphatic rings. The number of nitrogens with zero attached hydrogens (tertiary/aromatic N) is 2. The molecule has 2 atom stereocenters. The van der Waals surface area contributed by atoms with E-state index in [0.717, 1.165) is 34.3 Å². The zero-order valence-corrected chi connectivity index (χ0v) is 19.3. The number of amides is 1. The quantitative estimate of drug-likeness (QED) is 0.593. The van der Waals surface area contributed by atoms with Crippen LogP contribution in [-0.4, -0.2) is 35.4 Å². The Morgan fingerprint density at radius 1 is 1.06 bits per heavy atom. The number of carbonyl (C=O) groups excluding carboxylic acids is 1. The van der Waals surface area contributed by atoms with Gasteiger partial charge >= 0.3 is 0 Å². The van der Waals surface area contributed by atoms with E-state index in [2.05, 4.69) is 49.4 Å². The van der Waals surface area contributed by atoms with Gasteiger partial charge in [-0.1, -0.05) is 42.0 Å². The van der Waals surface area contributed by atoms with Crippen LogP contribution in [-0.2, 0) is 0 Å². The van der Waals surface area contributed by atoms with Crippen molar-refractivity contribution in [1.29, 1.82) is 0 Å². The van der Waals surface area contributed by atoms with Crippen LogP contribution < -0.4 is 5.73 Å². The number of aromatic nitrogens is 1. The van der Waals surface area contributed by atoms with E-state index in [1.54, 1.807) is 0 Å². The van der Waals surface area contributed by atoms with Crippen LogP contribution in [0.2, 0.25) is 0 Å². The van der Waals surface area contributed by atoms with E-state index < -0.39 is 0 Å². The summed E-state index contributed by atoms with van der Waals surface area (Å²) in [7, 11) is 0. The lowest BCUT2D eigenvalue weighted by atomic mass is 9.89. The van der Waals surface area contributed by atoms with Crippen molar-refractivity contribution in [3.8, 4) is 0 Å². The van der Waals surface area contributed by atoms with Gasteiger partial charge in [-0.2, -0.15) is 0 Å². The predicted octanol–water partition coefficient (Wildman–Crippen LogP) is 5.08. The molecule has 1 amide bonds. The molecule has 0 unspecified atom stereocenters. The van der Waals surface area contributed by atoms with E-state index in [9.17, 15) is 4.79 Å². The highest BCUT2D eigenvalue weighted by molar-refractivity contribution is 6.06. The van der Waals surface area contributed by atoms with E-state index in [4.69, 9.17) is 10.7 Å². The maximum atomic E-state index is 13.7. The van der Waals surface area contributed by atoms with Crippen molar-refractivity contribution in [3.05, 3.63) is 77.0 Å². The number of fused-ring (bicyclic) bond motifs is 1. The topological polar surface area (TPSA) is 59.2 Å². The first-order chi connectivity index (χ1) is 14.1. The largest absolute Gasteiger partial charge is 0.338 e. The SMILES string of the molecule is Cc1ccc2nc(C3CC3)cc(C(=O)N3C[C@@H](CN)[C@H](c4ccccc4)C3)c2c1.Cl.Cl. The summed E-state index contributed by atoms with van der Waals surface area (Å²) in [6, 6.07) is 18.7. The molecule has 5 rings (SSSR count). The maximum absolute atomic E-state index is 13.7. The van der Waals surface area contributed by atoms with Gasteiger partial charge in [0, 0.05) is 36.0 Å². The Kier molecular flexibility index (Phi) is 7.25. The number of likely N-dealkylation sites (tertiary alicyclic amines) is 1. The van der Waals surface area contributed by atoms with Crippen LogP contribution in [0.4, 0.5) is 0 Å². The van der Waals surface area contributed by atoms with Crippen LogP contribution in [0.25, 0.3) is 10.9 Å². The number of pyridine rings is 1. The fraction of sp³-hybridized carbons (Fsp3) is 0.360. The summed E-state index contributed by atoms with van der Waals surface area (Å²) >= 11 is 0. The number of halogens is 2. The Bertz CT molecular complexity index is 1070. The van der Waals surface area contributed by atoms with Gasteiger partial charge in [0.2, 0.25) is 0 Å². The number of rotatable bonds is 4. The van der Waals surface area contributed by atoms with Crippen molar-refractivity contribution in [2.24, 2.45) is 11.7 Å². The molecule has 1 aliphatic heterocycles. The van der Waals surface area contributed by atoms with Gasteiger partial charge in [-0.05, 0) is 56.0 Å². The Balaban J connectivity index is 0.00000136. The molecule has 1 saturated heterocycles. The van der Waals surface area contributed by atoms with Gasteiger partial charge in [0.25, 0.3) is 5.91 Å². The van der Waals surface area contributed by atoms with Crippen LogP contribution in [0, 0.1) is 12.8 Å². The number of carbonyl (C=O) groups is 1. The first-order valence-corrected chi connectivity index (χ1v) is 10.6. The highest BCUT2D eigenvalue weighted by atomic mass is 35.5. The maximum Gasteiger partial charge on any atom is 0.254 e. The molecule has 0 spiro atoms. The standard InChI is InChI=1S/C25H27N3O.2ClH/c1-16-7-10-23-20(11-16)21(12-24(27-23)18-8-9-18)25(29)28-14-19(13-26)22(15-28)17-5-3-2-4-6-17;;/h2-7,10-12,18-19,22H,8-9,13-15,26H2,1H3;2*1H/t19-,22+;;/m1../s1. The molecule has 2 fully saturated rings. The summed E-state index contributed by atoms with van der Waals surface area (Å²) in [6.45, 7) is 4.09. The minimum absolute atomic E-state index is 0. The lowest BCUT2D eigenvalue weighted by molar-refractivity contribution is 0.0788. The van der Waals surface area contributed by atoms with Crippen molar-refractivity contribution in [2.75, 3.05) is 19.6 Å². The van der Waals surface area contributed by atoms with E-state index in [1.807, 2.05) is 17.0 Å². The molecule has 31 heavy (non-hydrogen) atoms. The number of aryl methyl sites for hydroxylation is 1. The molecule has 1 aliphatic carbocycles. The molecule has 1 aromatic heterocycles. The molecule has 2 aromatic carbocycles. The van der Waals surface area contributed by atoms with Gasteiger partial charge in [0.15, 0.2) is 0 Å². The Labute approximate surface area is 196 Å². The fourth-order valence-electron chi connectivity index (χ4n) is 4.65. The highest BCUT2D eigenvalue weighted by Crippen LogP contribution is 2.41. The molecule has 1 saturated carbocycles. The number of hydrogen-bond acceptors (Lipinski definition) is 3. The number of hydrogen-bond donors (Lipinski definition) is 1. The van der Waals surface area contributed by atoms with E-state index in [0.29, 0.717) is 30.8 Å². The molecular weight excluding hydrogens is 429 g/mol. The van der Waals surface area contributed by atoms with Crippen LogP contribution in [0.3, 0.4) is 0 Å². The zero-order valence-electron chi connectivity index (χ0n) is 17.7. The highest BCUT2D eigenvalue weighted by Gasteiger charge is 2.36. The monoisotopic (exact) mass is 457 g/mol. The Morgan fingerprint density at radius 3 is 2.48 bits per heavy atom. The average Bonchev–Trinajstić information content (AvgIpc) is 3.51. The van der Waals surface area contributed by atoms with Crippen molar-refractivity contribution in [1.82, 2.24) is 9.88 Å². The Morgan fingerprint density at radius 2 is 1.81 bits per heavy atom. The van der Waals surface area contributed by atoms with Crippen molar-refractivity contribution >= 4 is 41.6 Å². The minimum Gasteiger partial charge on any atom is -0.338 e. The molecule has 2 heterocycles. The normalized spacial score (nSPS) is 20.3. The van der Waals surface area contributed by atoms with Gasteiger partial charge in [-0.25, -0.2) is 0 Å². The fourth-order valence-corrected chi connectivity index (χ4v) is 4.65. The molecule has 164 valence electrons. The molecule has 0 radical (unpaired) electrons. The summed E-state index contributed by atoms with van der Waals surface area (Å²) in [5.74, 6) is 1.21. The first-order valence-electron chi connectivity index (χ1n) is 10.6. The summed E-state index contributed by atoms with van der Waals surface area (Å²) in [4.78, 5) is 20.5. The number of benzene rings is 2. The van der Waals surface area contributed by atoms with Crippen molar-refractivity contribution < 1.29 is 4.79 Å².